The van der Waals surface area contributed by atoms with Crippen molar-refractivity contribution in [3.8, 4) is 0 Å². The number of likely N-dealkylation sites (tertiary alicyclic amines) is 1. The lowest BCUT2D eigenvalue weighted by atomic mass is 10.1. The predicted octanol–water partition coefficient (Wildman–Crippen LogP) is 3.79. The minimum absolute atomic E-state index is 0.367. The van der Waals surface area contributed by atoms with Crippen molar-refractivity contribution in [2.45, 2.75) is 65.0 Å². The average Bonchev–Trinajstić information content (AvgIpc) is 3.01. The van der Waals surface area contributed by atoms with E-state index in [2.05, 4.69) is 41.3 Å². The molecule has 0 saturated carbocycles. The molecule has 0 aliphatic carbocycles. The molecule has 1 aliphatic rings. The zero-order valence-electron chi connectivity index (χ0n) is 14.6. The van der Waals surface area contributed by atoms with E-state index >= 15 is 0 Å². The Labute approximate surface area is 138 Å². The first-order chi connectivity index (χ1) is 11.2. The summed E-state index contributed by atoms with van der Waals surface area (Å²) in [4.78, 5) is 2.56. The van der Waals surface area contributed by atoms with Crippen molar-refractivity contribution in [3.63, 3.8) is 0 Å². The smallest absolute Gasteiger partial charge is 0.137 e. The van der Waals surface area contributed by atoms with Gasteiger partial charge in [-0.25, -0.2) is 0 Å². The van der Waals surface area contributed by atoms with Crippen LogP contribution in [-0.2, 0) is 20.0 Å². The van der Waals surface area contributed by atoms with E-state index in [1.165, 1.54) is 24.8 Å². The molecule has 3 heterocycles. The zero-order valence-corrected chi connectivity index (χ0v) is 14.6. The summed E-state index contributed by atoms with van der Waals surface area (Å²) in [6.07, 6.45) is 9.21. The first-order valence-electron chi connectivity index (χ1n) is 8.86. The molecular formula is C18H28N4O. The first kappa shape index (κ1) is 16.2. The van der Waals surface area contributed by atoms with Crippen LogP contribution in [0.3, 0.4) is 0 Å². The largest absolute Gasteiger partial charge is 0.361 e. The van der Waals surface area contributed by atoms with Gasteiger partial charge in [-0.15, -0.1) is 0 Å². The van der Waals surface area contributed by atoms with Gasteiger partial charge in [0.25, 0.3) is 0 Å². The minimum Gasteiger partial charge on any atom is -0.361 e. The molecule has 0 radical (unpaired) electrons. The fourth-order valence-electron chi connectivity index (χ4n) is 3.56. The van der Waals surface area contributed by atoms with Gasteiger partial charge in [0.1, 0.15) is 11.5 Å². The highest BCUT2D eigenvalue weighted by atomic mass is 16.5. The first-order valence-corrected chi connectivity index (χ1v) is 8.86. The van der Waals surface area contributed by atoms with Gasteiger partial charge in [0.15, 0.2) is 0 Å². The van der Waals surface area contributed by atoms with Crippen molar-refractivity contribution in [1.29, 1.82) is 0 Å². The van der Waals surface area contributed by atoms with Crippen LogP contribution in [0.5, 0.6) is 0 Å². The second kappa shape index (κ2) is 7.30. The van der Waals surface area contributed by atoms with Crippen molar-refractivity contribution in [2.75, 3.05) is 6.54 Å². The van der Waals surface area contributed by atoms with Gasteiger partial charge in [-0.1, -0.05) is 24.9 Å². The quantitative estimate of drug-likeness (QED) is 0.842. The summed E-state index contributed by atoms with van der Waals surface area (Å²) in [7, 11) is 1.99. The molecule has 1 aliphatic heterocycles. The van der Waals surface area contributed by atoms with Crippen molar-refractivity contribution in [2.24, 2.45) is 7.05 Å². The van der Waals surface area contributed by atoms with Crippen LogP contribution in [-0.4, -0.2) is 26.4 Å². The normalized spacial score (nSPS) is 19.9. The second-order valence-electron chi connectivity index (χ2n) is 6.72. The molecule has 3 rings (SSSR count). The van der Waals surface area contributed by atoms with Gasteiger partial charge in [-0.3, -0.25) is 9.58 Å². The van der Waals surface area contributed by atoms with Gasteiger partial charge in [0, 0.05) is 37.8 Å². The van der Waals surface area contributed by atoms with Gasteiger partial charge in [0.2, 0.25) is 0 Å². The summed E-state index contributed by atoms with van der Waals surface area (Å²) in [5.74, 6) is 1.02. The molecule has 0 spiro atoms. The minimum atomic E-state index is 0.367. The molecule has 1 fully saturated rings. The Hall–Kier alpha value is -1.62. The molecule has 2 aromatic heterocycles. The Morgan fingerprint density at radius 1 is 1.30 bits per heavy atom. The fourth-order valence-corrected chi connectivity index (χ4v) is 3.56. The molecule has 0 amide bonds. The molecule has 0 N–H and O–H groups in total. The van der Waals surface area contributed by atoms with E-state index in [1.54, 1.807) is 0 Å². The van der Waals surface area contributed by atoms with E-state index in [1.807, 2.05) is 11.7 Å². The van der Waals surface area contributed by atoms with Gasteiger partial charge >= 0.3 is 0 Å². The monoisotopic (exact) mass is 316 g/mol. The maximum atomic E-state index is 5.53. The van der Waals surface area contributed by atoms with Crippen LogP contribution < -0.4 is 0 Å². The topological polar surface area (TPSA) is 47.1 Å². The van der Waals surface area contributed by atoms with Crippen LogP contribution in [0, 0.1) is 6.92 Å². The summed E-state index contributed by atoms with van der Waals surface area (Å²) in [5.41, 5.74) is 3.55. The molecule has 5 nitrogen and oxygen atoms in total. The van der Waals surface area contributed by atoms with Crippen molar-refractivity contribution in [1.82, 2.24) is 19.8 Å². The summed E-state index contributed by atoms with van der Waals surface area (Å²) in [6, 6.07) is 2.54. The van der Waals surface area contributed by atoms with Gasteiger partial charge < -0.3 is 4.52 Å². The Morgan fingerprint density at radius 2 is 2.17 bits per heavy atom. The highest BCUT2D eigenvalue weighted by molar-refractivity contribution is 5.17. The molecule has 23 heavy (non-hydrogen) atoms. The number of hydrogen-bond donors (Lipinski definition) is 0. The van der Waals surface area contributed by atoms with E-state index < -0.39 is 0 Å². The summed E-state index contributed by atoms with van der Waals surface area (Å²) in [6.45, 7) is 6.33. The number of aromatic nitrogens is 3. The van der Waals surface area contributed by atoms with E-state index in [0.29, 0.717) is 6.04 Å². The van der Waals surface area contributed by atoms with Crippen LogP contribution in [0.25, 0.3) is 0 Å². The highest BCUT2D eigenvalue weighted by Gasteiger charge is 2.26. The molecule has 1 unspecified atom stereocenters. The van der Waals surface area contributed by atoms with Crippen LogP contribution in [0.15, 0.2) is 16.8 Å². The lowest BCUT2D eigenvalue weighted by Gasteiger charge is -2.28. The van der Waals surface area contributed by atoms with Crippen LogP contribution in [0.2, 0.25) is 0 Å². The standard InChI is InChI=1S/C18H28N4O/c1-4-8-16-11-17(20-23-16)18-9-6-5-7-10-22(18)13-15-12-21(3)19-14(15)2/h11-12,18H,4-10,13H2,1-3H3. The molecule has 126 valence electrons. The molecular weight excluding hydrogens is 288 g/mol. The Kier molecular flexibility index (Phi) is 5.16. The SMILES string of the molecule is CCCc1cc(C2CCCCCN2Cc2cn(C)nc2C)no1. The zero-order chi connectivity index (χ0) is 16.2. The van der Waals surface area contributed by atoms with E-state index in [0.717, 1.165) is 49.5 Å². The summed E-state index contributed by atoms with van der Waals surface area (Å²) >= 11 is 0. The molecule has 1 atom stereocenters. The fraction of sp³-hybridized carbons (Fsp3) is 0.667. The van der Waals surface area contributed by atoms with Crippen LogP contribution >= 0.6 is 0 Å². The highest BCUT2D eigenvalue weighted by Crippen LogP contribution is 2.31. The van der Waals surface area contributed by atoms with Gasteiger partial charge in [-0.05, 0) is 32.7 Å². The lowest BCUT2D eigenvalue weighted by molar-refractivity contribution is 0.183. The Bertz CT molecular complexity index is 631. The Balaban J connectivity index is 1.80. The summed E-state index contributed by atoms with van der Waals surface area (Å²) in [5, 5.41) is 8.86. The average molecular weight is 316 g/mol. The number of nitrogens with zero attached hydrogens (tertiary/aromatic N) is 4. The van der Waals surface area contributed by atoms with Crippen molar-refractivity contribution in [3.05, 3.63) is 35.0 Å². The lowest BCUT2D eigenvalue weighted by Crippen LogP contribution is -2.28. The van der Waals surface area contributed by atoms with Crippen LogP contribution in [0.1, 0.15) is 67.8 Å². The van der Waals surface area contributed by atoms with E-state index in [9.17, 15) is 0 Å². The number of aryl methyl sites for hydroxylation is 3. The Morgan fingerprint density at radius 3 is 2.91 bits per heavy atom. The molecule has 2 aromatic rings. The second-order valence-corrected chi connectivity index (χ2v) is 6.72. The van der Waals surface area contributed by atoms with Gasteiger partial charge in [-0.2, -0.15) is 5.10 Å². The molecule has 5 heteroatoms. The molecule has 1 saturated heterocycles. The molecule has 0 bridgehead atoms. The maximum Gasteiger partial charge on any atom is 0.137 e. The third kappa shape index (κ3) is 3.83. The number of hydrogen-bond acceptors (Lipinski definition) is 4. The molecule has 0 aromatic carbocycles. The van der Waals surface area contributed by atoms with Gasteiger partial charge in [0.05, 0.1) is 11.7 Å². The predicted molar refractivity (Wildman–Crippen MR) is 90.1 cm³/mol. The summed E-state index contributed by atoms with van der Waals surface area (Å²) < 4.78 is 7.44. The third-order valence-electron chi connectivity index (χ3n) is 4.77. The van der Waals surface area contributed by atoms with Crippen LogP contribution in [0.4, 0.5) is 0 Å². The van der Waals surface area contributed by atoms with E-state index in [-0.39, 0.29) is 0 Å². The van der Waals surface area contributed by atoms with E-state index in [4.69, 9.17) is 4.52 Å². The third-order valence-corrected chi connectivity index (χ3v) is 4.77. The van der Waals surface area contributed by atoms with Crippen molar-refractivity contribution >= 4 is 0 Å². The van der Waals surface area contributed by atoms with Crippen molar-refractivity contribution < 1.29 is 4.52 Å². The maximum absolute atomic E-state index is 5.53. The number of rotatable bonds is 5.